The second-order valence-electron chi connectivity index (χ2n) is 7.81. The van der Waals surface area contributed by atoms with Gasteiger partial charge in [-0.15, -0.1) is 0 Å². The van der Waals surface area contributed by atoms with Crippen LogP contribution in [0.5, 0.6) is 0 Å². The monoisotopic (exact) mass is 349 g/mol. The summed E-state index contributed by atoms with van der Waals surface area (Å²) in [5.74, 6) is 1.19. The third-order valence-corrected chi connectivity index (χ3v) is 7.55. The molecule has 0 bridgehead atoms. The highest BCUT2D eigenvalue weighted by atomic mass is 32.2. The van der Waals surface area contributed by atoms with E-state index in [1.165, 1.54) is 43.2 Å². The molecule has 134 valence electrons. The first-order valence-electron chi connectivity index (χ1n) is 9.52. The average Bonchev–Trinajstić information content (AvgIpc) is 2.91. The lowest BCUT2D eigenvalue weighted by molar-refractivity contribution is 0.140. The maximum absolute atomic E-state index is 11.7. The van der Waals surface area contributed by atoms with Gasteiger partial charge in [-0.3, -0.25) is 4.90 Å². The van der Waals surface area contributed by atoms with Gasteiger partial charge in [0.2, 0.25) is 0 Å². The molecule has 3 rings (SSSR count). The Balaban J connectivity index is 1.63. The van der Waals surface area contributed by atoms with Gasteiger partial charge in [0.05, 0.1) is 11.5 Å². The molecule has 0 N–H and O–H groups in total. The van der Waals surface area contributed by atoms with Crippen molar-refractivity contribution in [3.8, 4) is 0 Å². The lowest BCUT2D eigenvalue weighted by Crippen LogP contribution is -2.37. The van der Waals surface area contributed by atoms with Crippen molar-refractivity contribution < 1.29 is 8.42 Å². The molecule has 1 aliphatic heterocycles. The molecule has 1 aliphatic carbocycles. The van der Waals surface area contributed by atoms with Gasteiger partial charge in [0.25, 0.3) is 0 Å². The summed E-state index contributed by atoms with van der Waals surface area (Å²) in [6.07, 6.45) is 8.55. The zero-order valence-corrected chi connectivity index (χ0v) is 15.7. The summed E-state index contributed by atoms with van der Waals surface area (Å²) in [6, 6.07) is 9.49. The molecule has 2 fully saturated rings. The van der Waals surface area contributed by atoms with Crippen LogP contribution in [0.15, 0.2) is 24.3 Å². The van der Waals surface area contributed by atoms with Crippen LogP contribution in [0.4, 0.5) is 0 Å². The quantitative estimate of drug-likeness (QED) is 0.780. The number of hydrogen-bond acceptors (Lipinski definition) is 3. The van der Waals surface area contributed by atoms with Crippen molar-refractivity contribution in [2.45, 2.75) is 64.5 Å². The third-order valence-electron chi connectivity index (χ3n) is 5.71. The molecule has 1 saturated heterocycles. The predicted octanol–water partition coefficient (Wildman–Crippen LogP) is 3.95. The highest BCUT2D eigenvalue weighted by molar-refractivity contribution is 7.91. The van der Waals surface area contributed by atoms with E-state index in [-0.39, 0.29) is 0 Å². The Morgan fingerprint density at radius 2 is 1.92 bits per heavy atom. The predicted molar refractivity (Wildman–Crippen MR) is 99.8 cm³/mol. The number of aryl methyl sites for hydroxylation is 1. The van der Waals surface area contributed by atoms with Gasteiger partial charge in [-0.1, -0.05) is 49.1 Å². The number of nitrogens with zero attached hydrogens (tertiary/aromatic N) is 1. The molecule has 1 atom stereocenters. The molecule has 3 nitrogen and oxygen atoms in total. The number of hydrogen-bond donors (Lipinski definition) is 0. The minimum Gasteiger partial charge on any atom is -0.296 e. The molecule has 4 heteroatoms. The number of benzene rings is 1. The molecular formula is C20H31NO2S. The SMILES string of the molecule is Cc1cccc(CN(CCC2CCS(=O)(=O)C2)C2CCCCC2)c1. The molecule has 2 aliphatic rings. The highest BCUT2D eigenvalue weighted by Crippen LogP contribution is 2.27. The minimum absolute atomic E-state index is 0.374. The first-order chi connectivity index (χ1) is 11.5. The lowest BCUT2D eigenvalue weighted by Gasteiger charge is -2.35. The average molecular weight is 350 g/mol. The molecule has 1 heterocycles. The van der Waals surface area contributed by atoms with Gasteiger partial charge < -0.3 is 0 Å². The van der Waals surface area contributed by atoms with E-state index >= 15 is 0 Å². The van der Waals surface area contributed by atoms with E-state index in [2.05, 4.69) is 36.1 Å². The fraction of sp³-hybridized carbons (Fsp3) is 0.700. The maximum Gasteiger partial charge on any atom is 0.150 e. The van der Waals surface area contributed by atoms with Crippen LogP contribution in [-0.4, -0.2) is 37.4 Å². The second-order valence-corrected chi connectivity index (χ2v) is 10.0. The highest BCUT2D eigenvalue weighted by Gasteiger charge is 2.29. The molecule has 0 radical (unpaired) electrons. The first-order valence-corrected chi connectivity index (χ1v) is 11.3. The van der Waals surface area contributed by atoms with Crippen molar-refractivity contribution in [2.24, 2.45) is 5.92 Å². The van der Waals surface area contributed by atoms with Crippen molar-refractivity contribution in [1.29, 1.82) is 0 Å². The molecule has 1 unspecified atom stereocenters. The van der Waals surface area contributed by atoms with E-state index in [4.69, 9.17) is 0 Å². The number of sulfone groups is 1. The minimum atomic E-state index is -2.75. The van der Waals surface area contributed by atoms with Crippen LogP contribution >= 0.6 is 0 Å². The van der Waals surface area contributed by atoms with Crippen LogP contribution in [0.25, 0.3) is 0 Å². The Bertz CT molecular complexity index is 635. The largest absolute Gasteiger partial charge is 0.296 e. The molecule has 0 aromatic heterocycles. The van der Waals surface area contributed by atoms with Gasteiger partial charge in [-0.25, -0.2) is 8.42 Å². The van der Waals surface area contributed by atoms with Crippen molar-refractivity contribution in [3.05, 3.63) is 35.4 Å². The van der Waals surface area contributed by atoms with Gasteiger partial charge in [-0.2, -0.15) is 0 Å². The van der Waals surface area contributed by atoms with Gasteiger partial charge in [0.15, 0.2) is 9.84 Å². The van der Waals surface area contributed by atoms with Crippen LogP contribution in [0, 0.1) is 12.8 Å². The lowest BCUT2D eigenvalue weighted by atomic mass is 9.93. The van der Waals surface area contributed by atoms with Gasteiger partial charge in [0, 0.05) is 12.6 Å². The summed E-state index contributed by atoms with van der Waals surface area (Å²) in [5.41, 5.74) is 2.71. The molecule has 1 saturated carbocycles. The number of rotatable bonds is 6. The van der Waals surface area contributed by atoms with Crippen LogP contribution < -0.4 is 0 Å². The Labute approximate surface area is 147 Å². The summed E-state index contributed by atoms with van der Waals surface area (Å²) in [5, 5.41) is 0. The van der Waals surface area contributed by atoms with Crippen LogP contribution in [0.3, 0.4) is 0 Å². The van der Waals surface area contributed by atoms with Crippen LogP contribution in [0.2, 0.25) is 0 Å². The third kappa shape index (κ3) is 5.06. The molecule has 0 spiro atoms. The summed E-state index contributed by atoms with van der Waals surface area (Å²) in [7, 11) is -2.75. The molecule has 1 aromatic carbocycles. The van der Waals surface area contributed by atoms with Gasteiger partial charge in [0.1, 0.15) is 0 Å². The van der Waals surface area contributed by atoms with Crippen molar-refractivity contribution in [3.63, 3.8) is 0 Å². The normalized spacial score (nSPS) is 24.5. The standard InChI is InChI=1S/C20H31NO2S/c1-17-6-5-7-19(14-17)15-21(20-8-3-2-4-9-20)12-10-18-11-13-24(22,23)16-18/h5-7,14,18,20H,2-4,8-13,15-16H2,1H3. The van der Waals surface area contributed by atoms with E-state index in [0.29, 0.717) is 23.5 Å². The van der Waals surface area contributed by atoms with Gasteiger partial charge >= 0.3 is 0 Å². The topological polar surface area (TPSA) is 37.4 Å². The Kier molecular flexibility index (Phi) is 5.98. The summed E-state index contributed by atoms with van der Waals surface area (Å²) < 4.78 is 23.4. The van der Waals surface area contributed by atoms with E-state index in [1.54, 1.807) is 0 Å². The smallest absolute Gasteiger partial charge is 0.150 e. The van der Waals surface area contributed by atoms with E-state index in [9.17, 15) is 8.42 Å². The molecule has 24 heavy (non-hydrogen) atoms. The summed E-state index contributed by atoms with van der Waals surface area (Å²) in [6.45, 7) is 4.20. The van der Waals surface area contributed by atoms with Crippen molar-refractivity contribution in [2.75, 3.05) is 18.1 Å². The fourth-order valence-corrected chi connectivity index (χ4v) is 6.24. The van der Waals surface area contributed by atoms with E-state index in [0.717, 1.165) is 25.9 Å². The zero-order valence-electron chi connectivity index (χ0n) is 14.9. The Morgan fingerprint density at radius 3 is 2.58 bits per heavy atom. The zero-order chi connectivity index (χ0) is 17.0. The van der Waals surface area contributed by atoms with E-state index in [1.807, 2.05) is 0 Å². The molecule has 1 aromatic rings. The maximum atomic E-state index is 11.7. The summed E-state index contributed by atoms with van der Waals surface area (Å²) in [4.78, 5) is 2.64. The van der Waals surface area contributed by atoms with Crippen LogP contribution in [-0.2, 0) is 16.4 Å². The van der Waals surface area contributed by atoms with Crippen molar-refractivity contribution >= 4 is 9.84 Å². The molecule has 0 amide bonds. The Morgan fingerprint density at radius 1 is 1.12 bits per heavy atom. The fourth-order valence-electron chi connectivity index (χ4n) is 4.33. The molecular weight excluding hydrogens is 318 g/mol. The van der Waals surface area contributed by atoms with Gasteiger partial charge in [-0.05, 0) is 50.6 Å². The van der Waals surface area contributed by atoms with Crippen molar-refractivity contribution in [1.82, 2.24) is 4.90 Å². The summed E-state index contributed by atoms with van der Waals surface area (Å²) >= 11 is 0. The van der Waals surface area contributed by atoms with E-state index < -0.39 is 9.84 Å². The first kappa shape index (κ1) is 17.9. The Hall–Kier alpha value is -0.870. The van der Waals surface area contributed by atoms with Crippen LogP contribution in [0.1, 0.15) is 56.1 Å². The second kappa shape index (κ2) is 8.01.